The number of primary amides is 1. The number of amides is 1. The van der Waals surface area contributed by atoms with Gasteiger partial charge in [-0.05, 0) is 43.9 Å². The Balaban J connectivity index is 1.94. The van der Waals surface area contributed by atoms with Crippen molar-refractivity contribution in [3.63, 3.8) is 0 Å². The number of benzene rings is 1. The highest BCUT2D eigenvalue weighted by molar-refractivity contribution is 7.89. The largest absolute Gasteiger partial charge is 0.370 e. The highest BCUT2D eigenvalue weighted by atomic mass is 35.5. The Bertz CT molecular complexity index is 800. The van der Waals surface area contributed by atoms with E-state index in [1.165, 1.54) is 12.1 Å². The third-order valence-corrected chi connectivity index (χ3v) is 6.11. The van der Waals surface area contributed by atoms with E-state index in [1.807, 2.05) is 6.92 Å². The lowest BCUT2D eigenvalue weighted by Gasteiger charge is -2.34. The number of sulfonamides is 1. The molecule has 28 heavy (non-hydrogen) atoms. The summed E-state index contributed by atoms with van der Waals surface area (Å²) in [6.45, 7) is 4.69. The molecule has 0 aromatic heterocycles. The second kappa shape index (κ2) is 10.6. The fraction of sp³-hybridized carbons (Fsp3) is 0.556. The lowest BCUT2D eigenvalue weighted by atomic mass is 9.95. The first-order valence-corrected chi connectivity index (χ1v) is 11.2. The number of guanidine groups is 1. The van der Waals surface area contributed by atoms with E-state index in [4.69, 9.17) is 17.3 Å². The van der Waals surface area contributed by atoms with Crippen LogP contribution in [0.25, 0.3) is 0 Å². The van der Waals surface area contributed by atoms with Crippen LogP contribution in [0.3, 0.4) is 0 Å². The van der Waals surface area contributed by atoms with Crippen LogP contribution in [0.1, 0.15) is 26.2 Å². The van der Waals surface area contributed by atoms with Crippen molar-refractivity contribution in [1.29, 1.82) is 0 Å². The molecule has 0 saturated carbocycles. The normalized spacial score (nSPS) is 18.1. The van der Waals surface area contributed by atoms with Crippen molar-refractivity contribution in [3.8, 4) is 0 Å². The van der Waals surface area contributed by atoms with E-state index in [1.54, 1.807) is 12.1 Å². The summed E-state index contributed by atoms with van der Waals surface area (Å²) in [6, 6.07) is 6.12. The molecular weight excluding hydrogens is 402 g/mol. The van der Waals surface area contributed by atoms with Gasteiger partial charge in [0.2, 0.25) is 15.9 Å². The van der Waals surface area contributed by atoms with Gasteiger partial charge in [-0.15, -0.1) is 0 Å². The summed E-state index contributed by atoms with van der Waals surface area (Å²) in [5.74, 6) is 0.652. The zero-order valence-corrected chi connectivity index (χ0v) is 17.6. The Morgan fingerprint density at radius 1 is 1.43 bits per heavy atom. The number of piperidine rings is 1. The molecule has 1 aliphatic rings. The van der Waals surface area contributed by atoms with Gasteiger partial charge in [0, 0.05) is 37.6 Å². The number of nitrogens with two attached hydrogens (primary N) is 1. The van der Waals surface area contributed by atoms with Crippen LogP contribution in [0.15, 0.2) is 34.2 Å². The lowest BCUT2D eigenvalue weighted by molar-refractivity contribution is -0.119. The third-order valence-electron chi connectivity index (χ3n) is 4.42. The fourth-order valence-corrected chi connectivity index (χ4v) is 4.52. The molecule has 2 rings (SSSR count). The van der Waals surface area contributed by atoms with Gasteiger partial charge < -0.3 is 16.0 Å². The highest BCUT2D eigenvalue weighted by Crippen LogP contribution is 2.19. The van der Waals surface area contributed by atoms with E-state index in [0.29, 0.717) is 31.1 Å². The van der Waals surface area contributed by atoms with E-state index in [0.717, 1.165) is 25.3 Å². The van der Waals surface area contributed by atoms with Crippen molar-refractivity contribution in [2.75, 3.05) is 32.7 Å². The van der Waals surface area contributed by atoms with Crippen LogP contribution in [0.4, 0.5) is 0 Å². The zero-order chi connectivity index (χ0) is 20.6. The van der Waals surface area contributed by atoms with E-state index < -0.39 is 10.0 Å². The highest BCUT2D eigenvalue weighted by Gasteiger charge is 2.23. The summed E-state index contributed by atoms with van der Waals surface area (Å²) >= 11 is 5.86. The Morgan fingerprint density at radius 2 is 2.21 bits per heavy atom. The zero-order valence-electron chi connectivity index (χ0n) is 16.0. The minimum Gasteiger partial charge on any atom is -0.370 e. The minimum absolute atomic E-state index is 0.126. The monoisotopic (exact) mass is 429 g/mol. The van der Waals surface area contributed by atoms with E-state index >= 15 is 0 Å². The van der Waals surface area contributed by atoms with Crippen molar-refractivity contribution in [2.45, 2.75) is 31.1 Å². The molecule has 1 unspecified atom stereocenters. The molecule has 156 valence electrons. The number of rotatable bonds is 8. The number of likely N-dealkylation sites (tertiary alicyclic amines) is 1. The van der Waals surface area contributed by atoms with Crippen LogP contribution in [-0.2, 0) is 14.8 Å². The lowest BCUT2D eigenvalue weighted by Crippen LogP contribution is -2.47. The van der Waals surface area contributed by atoms with E-state index in [9.17, 15) is 13.2 Å². The smallest absolute Gasteiger partial charge is 0.240 e. The Morgan fingerprint density at radius 3 is 2.89 bits per heavy atom. The molecule has 1 saturated heterocycles. The predicted octanol–water partition coefficient (Wildman–Crippen LogP) is 1.17. The van der Waals surface area contributed by atoms with Gasteiger partial charge in [0.15, 0.2) is 5.96 Å². The first-order valence-electron chi connectivity index (χ1n) is 9.38. The van der Waals surface area contributed by atoms with E-state index in [2.05, 4.69) is 19.9 Å². The standard InChI is InChI=1S/C18H28ClN5O3S/c1-2-21-18(24-10-4-5-14(13-24)11-17(20)25)22-8-9-23-28(26,27)16-7-3-6-15(19)12-16/h3,6-7,12,14,23H,2,4-5,8-11,13H2,1H3,(H2,20,25)(H,21,22). The van der Waals surface area contributed by atoms with Crippen LogP contribution < -0.4 is 15.8 Å². The van der Waals surface area contributed by atoms with Crippen molar-refractivity contribution in [1.82, 2.24) is 14.9 Å². The second-order valence-corrected chi connectivity index (χ2v) is 8.92. The number of nitrogens with zero attached hydrogens (tertiary/aromatic N) is 2. The molecule has 0 aliphatic carbocycles. The summed E-state index contributed by atoms with van der Waals surface area (Å²) in [6.07, 6.45) is 2.30. The van der Waals surface area contributed by atoms with Crippen molar-refractivity contribution in [3.05, 3.63) is 29.3 Å². The second-order valence-electron chi connectivity index (χ2n) is 6.72. The molecule has 1 atom stereocenters. The van der Waals surface area contributed by atoms with Crippen LogP contribution in [0, 0.1) is 5.92 Å². The number of carbonyl (C=O) groups excluding carboxylic acids is 1. The van der Waals surface area contributed by atoms with Gasteiger partial charge in [0.05, 0.1) is 11.4 Å². The molecule has 8 nitrogen and oxygen atoms in total. The van der Waals surface area contributed by atoms with Gasteiger partial charge in [-0.3, -0.25) is 9.79 Å². The van der Waals surface area contributed by atoms with Crippen LogP contribution >= 0.6 is 11.6 Å². The van der Waals surface area contributed by atoms with Crippen LogP contribution in [0.2, 0.25) is 5.02 Å². The predicted molar refractivity (Wildman–Crippen MR) is 111 cm³/mol. The molecule has 0 bridgehead atoms. The van der Waals surface area contributed by atoms with Crippen LogP contribution in [0.5, 0.6) is 0 Å². The third kappa shape index (κ3) is 6.96. The van der Waals surface area contributed by atoms with Gasteiger partial charge >= 0.3 is 0 Å². The Labute approximate surface area is 171 Å². The molecule has 1 fully saturated rings. The van der Waals surface area contributed by atoms with Crippen molar-refractivity contribution < 1.29 is 13.2 Å². The Kier molecular flexibility index (Phi) is 8.53. The molecule has 1 aliphatic heterocycles. The quantitative estimate of drug-likeness (QED) is 0.326. The van der Waals surface area contributed by atoms with Gasteiger partial charge in [0.25, 0.3) is 0 Å². The minimum atomic E-state index is -3.63. The first-order chi connectivity index (χ1) is 13.3. The maximum absolute atomic E-state index is 12.3. The molecule has 1 aromatic rings. The summed E-state index contributed by atoms with van der Waals surface area (Å²) < 4.78 is 27.2. The fourth-order valence-electron chi connectivity index (χ4n) is 3.19. The average molecular weight is 430 g/mol. The van der Waals surface area contributed by atoms with Crippen LogP contribution in [-0.4, -0.2) is 57.9 Å². The maximum atomic E-state index is 12.3. The summed E-state index contributed by atoms with van der Waals surface area (Å²) in [5.41, 5.74) is 5.32. The molecule has 1 aromatic carbocycles. The number of hydrogen-bond acceptors (Lipinski definition) is 4. The topological polar surface area (TPSA) is 117 Å². The molecule has 10 heteroatoms. The molecule has 1 heterocycles. The summed E-state index contributed by atoms with van der Waals surface area (Å²) in [7, 11) is -3.63. The van der Waals surface area contributed by atoms with Gasteiger partial charge in [-0.2, -0.15) is 0 Å². The number of carbonyl (C=O) groups is 1. The SMILES string of the molecule is CCNC(=NCCNS(=O)(=O)c1cccc(Cl)c1)N1CCCC(CC(N)=O)C1. The molecular formula is C18H28ClN5O3S. The van der Waals surface area contributed by atoms with E-state index in [-0.39, 0.29) is 23.3 Å². The Hall–Kier alpha value is -1.84. The summed E-state index contributed by atoms with van der Waals surface area (Å²) in [5, 5.41) is 3.59. The van der Waals surface area contributed by atoms with Gasteiger partial charge in [0.1, 0.15) is 0 Å². The average Bonchev–Trinajstić information content (AvgIpc) is 2.64. The number of halogens is 1. The summed E-state index contributed by atoms with van der Waals surface area (Å²) in [4.78, 5) is 18.0. The molecule has 0 radical (unpaired) electrons. The van der Waals surface area contributed by atoms with Crippen molar-refractivity contribution in [2.24, 2.45) is 16.6 Å². The molecule has 0 spiro atoms. The molecule has 1 amide bonds. The maximum Gasteiger partial charge on any atom is 0.240 e. The van der Waals surface area contributed by atoms with Gasteiger partial charge in [-0.25, -0.2) is 13.1 Å². The van der Waals surface area contributed by atoms with Gasteiger partial charge in [-0.1, -0.05) is 17.7 Å². The molecule has 4 N–H and O–H groups in total. The number of aliphatic imine (C=N–C) groups is 1. The number of nitrogens with one attached hydrogen (secondary N) is 2. The van der Waals surface area contributed by atoms with Crippen molar-refractivity contribution >= 4 is 33.5 Å². The first kappa shape index (κ1) is 22.4. The number of hydrogen-bond donors (Lipinski definition) is 3.